The highest BCUT2D eigenvalue weighted by Crippen LogP contribution is 2.34. The summed E-state index contributed by atoms with van der Waals surface area (Å²) in [7, 11) is 4.72. The maximum absolute atomic E-state index is 12.4. The molecule has 0 radical (unpaired) electrons. The summed E-state index contributed by atoms with van der Waals surface area (Å²) >= 11 is 0. The van der Waals surface area contributed by atoms with Gasteiger partial charge >= 0.3 is 0 Å². The van der Waals surface area contributed by atoms with Crippen molar-refractivity contribution >= 4 is 5.91 Å². The summed E-state index contributed by atoms with van der Waals surface area (Å²) < 4.78 is 16.0. The predicted molar refractivity (Wildman–Crippen MR) is 97.8 cm³/mol. The summed E-state index contributed by atoms with van der Waals surface area (Å²) in [4.78, 5) is 12.4. The summed E-state index contributed by atoms with van der Waals surface area (Å²) in [5.41, 5.74) is 2.65. The Bertz CT molecular complexity index is 723. The first-order valence-electron chi connectivity index (χ1n) is 8.17. The molecule has 0 fully saturated rings. The van der Waals surface area contributed by atoms with Crippen molar-refractivity contribution in [2.75, 3.05) is 21.3 Å². The van der Waals surface area contributed by atoms with Crippen molar-refractivity contribution in [2.24, 2.45) is 0 Å². The number of methoxy groups -OCH3 is 3. The maximum atomic E-state index is 12.4. The van der Waals surface area contributed by atoms with Crippen LogP contribution >= 0.6 is 0 Å². The Balaban J connectivity index is 2.13. The van der Waals surface area contributed by atoms with Gasteiger partial charge in [0.2, 0.25) is 0 Å². The summed E-state index contributed by atoms with van der Waals surface area (Å²) in [6.45, 7) is 4.57. The van der Waals surface area contributed by atoms with Crippen molar-refractivity contribution in [1.29, 1.82) is 0 Å². The van der Waals surface area contributed by atoms with Crippen molar-refractivity contribution in [3.63, 3.8) is 0 Å². The van der Waals surface area contributed by atoms with E-state index in [2.05, 4.69) is 19.2 Å². The summed E-state index contributed by atoms with van der Waals surface area (Å²) in [6, 6.07) is 11.2. The molecule has 0 aliphatic carbocycles. The number of amides is 1. The van der Waals surface area contributed by atoms with Crippen LogP contribution in [-0.2, 0) is 6.54 Å². The molecule has 2 aromatic carbocycles. The lowest BCUT2D eigenvalue weighted by Gasteiger charge is -2.14. The average molecular weight is 343 g/mol. The lowest BCUT2D eigenvalue weighted by atomic mass is 10.0. The first kappa shape index (κ1) is 18.6. The molecule has 0 bridgehead atoms. The van der Waals surface area contributed by atoms with Gasteiger partial charge in [-0.2, -0.15) is 0 Å². The molecular formula is C20H25NO4. The highest BCUT2D eigenvalue weighted by atomic mass is 16.5. The normalized spacial score (nSPS) is 10.5. The average Bonchev–Trinajstić information content (AvgIpc) is 2.65. The van der Waals surface area contributed by atoms with Crippen LogP contribution in [-0.4, -0.2) is 27.2 Å². The monoisotopic (exact) mass is 343 g/mol. The number of hydrogen-bond donors (Lipinski definition) is 1. The SMILES string of the molecule is COc1cc(OC)c(OC)cc1CNC(=O)c1ccc(C(C)C)cc1. The first-order valence-corrected chi connectivity index (χ1v) is 8.17. The predicted octanol–water partition coefficient (Wildman–Crippen LogP) is 3.77. The molecule has 0 aromatic heterocycles. The maximum Gasteiger partial charge on any atom is 0.251 e. The molecule has 0 atom stereocenters. The van der Waals surface area contributed by atoms with E-state index >= 15 is 0 Å². The van der Waals surface area contributed by atoms with E-state index < -0.39 is 0 Å². The van der Waals surface area contributed by atoms with Crippen molar-refractivity contribution in [2.45, 2.75) is 26.3 Å². The topological polar surface area (TPSA) is 56.8 Å². The zero-order chi connectivity index (χ0) is 18.4. The molecule has 1 N–H and O–H groups in total. The highest BCUT2D eigenvalue weighted by Gasteiger charge is 2.13. The minimum atomic E-state index is -0.132. The second kappa shape index (κ2) is 8.42. The van der Waals surface area contributed by atoms with E-state index in [9.17, 15) is 4.79 Å². The molecular weight excluding hydrogens is 318 g/mol. The fourth-order valence-corrected chi connectivity index (χ4v) is 2.53. The smallest absolute Gasteiger partial charge is 0.251 e. The number of nitrogens with one attached hydrogen (secondary N) is 1. The number of benzene rings is 2. The molecule has 0 saturated heterocycles. The van der Waals surface area contributed by atoms with Crippen LogP contribution in [0.3, 0.4) is 0 Å². The molecule has 0 aliphatic rings. The molecule has 2 aromatic rings. The van der Waals surface area contributed by atoms with Crippen molar-refractivity contribution in [3.8, 4) is 17.2 Å². The van der Waals surface area contributed by atoms with Crippen LogP contribution in [0.25, 0.3) is 0 Å². The van der Waals surface area contributed by atoms with Gasteiger partial charge in [0.1, 0.15) is 5.75 Å². The Morgan fingerprint density at radius 2 is 1.48 bits per heavy atom. The summed E-state index contributed by atoms with van der Waals surface area (Å²) in [5.74, 6) is 2.11. The largest absolute Gasteiger partial charge is 0.496 e. The molecule has 5 nitrogen and oxygen atoms in total. The van der Waals surface area contributed by atoms with Crippen LogP contribution in [0.15, 0.2) is 36.4 Å². The zero-order valence-corrected chi connectivity index (χ0v) is 15.4. The standard InChI is InChI=1S/C20H25NO4/c1-13(2)14-6-8-15(9-7-14)20(22)21-12-16-10-18(24-4)19(25-5)11-17(16)23-3/h6-11,13H,12H2,1-5H3,(H,21,22). The van der Waals surface area contributed by atoms with Gasteiger partial charge < -0.3 is 19.5 Å². The Morgan fingerprint density at radius 1 is 0.920 bits per heavy atom. The number of ether oxygens (including phenoxy) is 3. The van der Waals surface area contributed by atoms with Gasteiger partial charge in [-0.25, -0.2) is 0 Å². The fourth-order valence-electron chi connectivity index (χ4n) is 2.53. The van der Waals surface area contributed by atoms with E-state index in [1.165, 1.54) is 5.56 Å². The molecule has 0 saturated carbocycles. The quantitative estimate of drug-likeness (QED) is 0.831. The second-order valence-corrected chi connectivity index (χ2v) is 5.98. The number of hydrogen-bond acceptors (Lipinski definition) is 4. The van der Waals surface area contributed by atoms with Gasteiger partial charge in [-0.15, -0.1) is 0 Å². The second-order valence-electron chi connectivity index (χ2n) is 5.98. The molecule has 1 amide bonds. The fraction of sp³-hybridized carbons (Fsp3) is 0.350. The number of carbonyl (C=O) groups excluding carboxylic acids is 1. The van der Waals surface area contributed by atoms with E-state index in [0.29, 0.717) is 35.3 Å². The van der Waals surface area contributed by atoms with Crippen LogP contribution < -0.4 is 19.5 Å². The zero-order valence-electron chi connectivity index (χ0n) is 15.4. The molecule has 25 heavy (non-hydrogen) atoms. The third-order valence-corrected chi connectivity index (χ3v) is 4.07. The van der Waals surface area contributed by atoms with E-state index in [-0.39, 0.29) is 5.91 Å². The van der Waals surface area contributed by atoms with Gasteiger partial charge in [0.15, 0.2) is 11.5 Å². The first-order chi connectivity index (χ1) is 12.0. The molecule has 0 heterocycles. The van der Waals surface area contributed by atoms with Gasteiger partial charge in [-0.3, -0.25) is 4.79 Å². The van der Waals surface area contributed by atoms with Gasteiger partial charge in [0.05, 0.1) is 21.3 Å². The van der Waals surface area contributed by atoms with E-state index in [1.807, 2.05) is 24.3 Å². The van der Waals surface area contributed by atoms with E-state index in [4.69, 9.17) is 14.2 Å². The van der Waals surface area contributed by atoms with Crippen molar-refractivity contribution < 1.29 is 19.0 Å². The third kappa shape index (κ3) is 4.44. The Hall–Kier alpha value is -2.69. The molecule has 0 unspecified atom stereocenters. The molecule has 2 rings (SSSR count). The number of rotatable bonds is 7. The van der Waals surface area contributed by atoms with Crippen LogP contribution in [0, 0.1) is 0 Å². The van der Waals surface area contributed by atoms with Crippen molar-refractivity contribution in [3.05, 3.63) is 53.1 Å². The lowest BCUT2D eigenvalue weighted by molar-refractivity contribution is 0.0950. The van der Waals surface area contributed by atoms with Gasteiger partial charge in [-0.05, 0) is 29.7 Å². The minimum absolute atomic E-state index is 0.132. The highest BCUT2D eigenvalue weighted by molar-refractivity contribution is 5.94. The van der Waals surface area contributed by atoms with Gasteiger partial charge in [0.25, 0.3) is 5.91 Å². The molecule has 0 spiro atoms. The minimum Gasteiger partial charge on any atom is -0.496 e. The summed E-state index contributed by atoms with van der Waals surface area (Å²) in [6.07, 6.45) is 0. The van der Waals surface area contributed by atoms with Crippen LogP contribution in [0.1, 0.15) is 41.3 Å². The van der Waals surface area contributed by atoms with Gasteiger partial charge in [0, 0.05) is 23.7 Å². The van der Waals surface area contributed by atoms with Gasteiger partial charge in [-0.1, -0.05) is 26.0 Å². The Kier molecular flexibility index (Phi) is 6.28. The third-order valence-electron chi connectivity index (χ3n) is 4.07. The summed E-state index contributed by atoms with van der Waals surface area (Å²) in [5, 5.41) is 2.91. The van der Waals surface area contributed by atoms with Crippen LogP contribution in [0.5, 0.6) is 17.2 Å². The van der Waals surface area contributed by atoms with Crippen LogP contribution in [0.2, 0.25) is 0 Å². The lowest BCUT2D eigenvalue weighted by Crippen LogP contribution is -2.23. The van der Waals surface area contributed by atoms with E-state index in [1.54, 1.807) is 33.5 Å². The van der Waals surface area contributed by atoms with Crippen LogP contribution in [0.4, 0.5) is 0 Å². The Morgan fingerprint density at radius 3 is 2.00 bits per heavy atom. The Labute approximate surface area is 148 Å². The molecule has 134 valence electrons. The molecule has 5 heteroatoms. The van der Waals surface area contributed by atoms with Crippen molar-refractivity contribution in [1.82, 2.24) is 5.32 Å². The number of carbonyl (C=O) groups is 1. The van der Waals surface area contributed by atoms with E-state index in [0.717, 1.165) is 5.56 Å². The molecule has 0 aliphatic heterocycles.